The summed E-state index contributed by atoms with van der Waals surface area (Å²) >= 11 is 0. The zero-order valence-electron chi connectivity index (χ0n) is 17.7. The molecule has 1 aliphatic heterocycles. The summed E-state index contributed by atoms with van der Waals surface area (Å²) in [6.07, 6.45) is 2.90. The molecule has 156 valence electrons. The van der Waals surface area contributed by atoms with Gasteiger partial charge in [-0.25, -0.2) is 5.06 Å². The average molecular weight is 397 g/mol. The monoisotopic (exact) mass is 396 g/mol. The van der Waals surface area contributed by atoms with Crippen LogP contribution in [0.1, 0.15) is 50.3 Å². The summed E-state index contributed by atoms with van der Waals surface area (Å²) in [7, 11) is 1.65. The third kappa shape index (κ3) is 5.37. The molecule has 1 atom stereocenters. The van der Waals surface area contributed by atoms with E-state index in [9.17, 15) is 4.79 Å². The van der Waals surface area contributed by atoms with E-state index in [2.05, 4.69) is 42.2 Å². The van der Waals surface area contributed by atoms with Gasteiger partial charge in [-0.15, -0.1) is 0 Å². The molecular weight excluding hydrogens is 364 g/mol. The first-order valence-electron chi connectivity index (χ1n) is 10.5. The predicted octanol–water partition coefficient (Wildman–Crippen LogP) is 4.59. The van der Waals surface area contributed by atoms with Crippen LogP contribution in [0, 0.1) is 0 Å². The fourth-order valence-electron chi connectivity index (χ4n) is 4.23. The summed E-state index contributed by atoms with van der Waals surface area (Å²) < 4.78 is 5.39. The van der Waals surface area contributed by atoms with Gasteiger partial charge in [0.1, 0.15) is 12.4 Å². The van der Waals surface area contributed by atoms with Gasteiger partial charge in [-0.05, 0) is 30.9 Å². The largest absolute Gasteiger partial charge is 0.496 e. The number of piperidine rings is 1. The lowest BCUT2D eigenvalue weighted by Crippen LogP contribution is -2.47. The maximum atomic E-state index is 12.3. The number of carbonyl (C=O) groups excluding carboxylic acids is 1. The van der Waals surface area contributed by atoms with E-state index >= 15 is 0 Å². The van der Waals surface area contributed by atoms with Crippen molar-refractivity contribution in [2.24, 2.45) is 0 Å². The van der Waals surface area contributed by atoms with Gasteiger partial charge in [-0.1, -0.05) is 55.5 Å². The Morgan fingerprint density at radius 2 is 1.76 bits per heavy atom. The van der Waals surface area contributed by atoms with Gasteiger partial charge >= 0.3 is 0 Å². The Labute approximate surface area is 174 Å². The first kappa shape index (κ1) is 21.3. The number of hydroxylamine groups is 2. The lowest BCUT2D eigenvalue weighted by atomic mass is 9.97. The molecule has 0 bridgehead atoms. The summed E-state index contributed by atoms with van der Waals surface area (Å²) in [5.41, 5.74) is 2.30. The molecule has 3 rings (SSSR count). The van der Waals surface area contributed by atoms with Gasteiger partial charge in [0.05, 0.1) is 13.2 Å². The van der Waals surface area contributed by atoms with Gasteiger partial charge in [0.2, 0.25) is 5.91 Å². The molecule has 2 aromatic carbocycles. The summed E-state index contributed by atoms with van der Waals surface area (Å²) in [5, 5.41) is 1.58. The maximum Gasteiger partial charge on any atom is 0.243 e. The van der Waals surface area contributed by atoms with Crippen LogP contribution in [0.5, 0.6) is 5.75 Å². The second-order valence-electron chi connectivity index (χ2n) is 7.53. The SMILES string of the molecule is CCC(c1ccccc1)N1CCC(N(OCc2ccccc2OC)C(C)=O)CC1. The number of ether oxygens (including phenoxy) is 1. The molecule has 0 N–H and O–H groups in total. The van der Waals surface area contributed by atoms with Gasteiger partial charge in [-0.2, -0.15) is 0 Å². The predicted molar refractivity (Wildman–Crippen MR) is 114 cm³/mol. The molecule has 1 saturated heterocycles. The minimum atomic E-state index is -0.0477. The third-order valence-corrected chi connectivity index (χ3v) is 5.70. The first-order valence-corrected chi connectivity index (χ1v) is 10.5. The van der Waals surface area contributed by atoms with Crippen LogP contribution < -0.4 is 4.74 Å². The van der Waals surface area contributed by atoms with Crippen LogP contribution in [-0.2, 0) is 16.2 Å². The molecule has 5 heteroatoms. The lowest BCUT2D eigenvalue weighted by molar-refractivity contribution is -0.209. The molecule has 1 aliphatic rings. The molecule has 0 radical (unpaired) electrons. The van der Waals surface area contributed by atoms with Gasteiger partial charge < -0.3 is 4.74 Å². The smallest absolute Gasteiger partial charge is 0.243 e. The van der Waals surface area contributed by atoms with E-state index in [-0.39, 0.29) is 11.9 Å². The Bertz CT molecular complexity index is 773. The van der Waals surface area contributed by atoms with E-state index in [1.54, 1.807) is 19.1 Å². The lowest BCUT2D eigenvalue weighted by Gasteiger charge is -2.40. The Hall–Kier alpha value is -2.37. The summed E-state index contributed by atoms with van der Waals surface area (Å²) in [4.78, 5) is 20.8. The van der Waals surface area contributed by atoms with Crippen LogP contribution in [0.3, 0.4) is 0 Å². The number of rotatable bonds is 8. The van der Waals surface area contributed by atoms with Crippen LogP contribution >= 0.6 is 0 Å². The van der Waals surface area contributed by atoms with Gasteiger partial charge in [-0.3, -0.25) is 14.5 Å². The zero-order valence-corrected chi connectivity index (χ0v) is 17.7. The van der Waals surface area contributed by atoms with Crippen molar-refractivity contribution in [3.05, 3.63) is 65.7 Å². The molecule has 1 fully saturated rings. The molecule has 1 unspecified atom stereocenters. The molecule has 29 heavy (non-hydrogen) atoms. The van der Waals surface area contributed by atoms with Crippen LogP contribution in [0.25, 0.3) is 0 Å². The van der Waals surface area contributed by atoms with Gasteiger partial charge in [0.15, 0.2) is 0 Å². The van der Waals surface area contributed by atoms with Crippen molar-refractivity contribution in [1.29, 1.82) is 0 Å². The van der Waals surface area contributed by atoms with E-state index in [0.717, 1.165) is 43.7 Å². The van der Waals surface area contributed by atoms with Gasteiger partial charge in [0.25, 0.3) is 0 Å². The standard InChI is InChI=1S/C24H32N2O3/c1-4-23(20-10-6-5-7-11-20)25-16-14-22(15-17-25)26(19(2)27)29-18-21-12-8-9-13-24(21)28-3/h5-13,22-23H,4,14-18H2,1-3H3. The molecule has 5 nitrogen and oxygen atoms in total. The van der Waals surface area contributed by atoms with E-state index in [0.29, 0.717) is 12.6 Å². The van der Waals surface area contributed by atoms with Crippen LogP contribution in [0.15, 0.2) is 54.6 Å². The quantitative estimate of drug-likeness (QED) is 0.612. The van der Waals surface area contributed by atoms with Crippen LogP contribution in [-0.4, -0.2) is 42.1 Å². The van der Waals surface area contributed by atoms with Crippen molar-refractivity contribution >= 4 is 5.91 Å². The number of benzene rings is 2. The van der Waals surface area contributed by atoms with Crippen molar-refractivity contribution in [1.82, 2.24) is 9.96 Å². The zero-order chi connectivity index (χ0) is 20.6. The molecule has 1 heterocycles. The van der Waals surface area contributed by atoms with E-state index < -0.39 is 0 Å². The normalized spacial score (nSPS) is 16.4. The van der Waals surface area contributed by atoms with E-state index in [1.165, 1.54) is 5.56 Å². The molecule has 2 aromatic rings. The highest BCUT2D eigenvalue weighted by atomic mass is 16.7. The third-order valence-electron chi connectivity index (χ3n) is 5.70. The number of carbonyl (C=O) groups is 1. The number of methoxy groups -OCH3 is 1. The Morgan fingerprint density at radius 3 is 2.38 bits per heavy atom. The molecular formula is C24H32N2O3. The Morgan fingerprint density at radius 1 is 1.10 bits per heavy atom. The fourth-order valence-corrected chi connectivity index (χ4v) is 4.23. The van der Waals surface area contributed by atoms with Crippen molar-refractivity contribution < 1.29 is 14.4 Å². The molecule has 0 aromatic heterocycles. The van der Waals surface area contributed by atoms with Gasteiger partial charge in [0, 0.05) is 31.6 Å². The topological polar surface area (TPSA) is 42.0 Å². The number of likely N-dealkylation sites (tertiary alicyclic amines) is 1. The van der Waals surface area contributed by atoms with Crippen LogP contribution in [0.2, 0.25) is 0 Å². The van der Waals surface area contributed by atoms with Crippen molar-refractivity contribution in [2.75, 3.05) is 20.2 Å². The molecule has 0 spiro atoms. The number of nitrogens with zero attached hydrogens (tertiary/aromatic N) is 2. The Balaban J connectivity index is 1.60. The number of hydrogen-bond acceptors (Lipinski definition) is 4. The fraction of sp³-hybridized carbons (Fsp3) is 0.458. The summed E-state index contributed by atoms with van der Waals surface area (Å²) in [6, 6.07) is 19.0. The maximum absolute atomic E-state index is 12.3. The number of para-hydroxylation sites is 1. The molecule has 0 aliphatic carbocycles. The molecule has 0 saturated carbocycles. The minimum absolute atomic E-state index is 0.0477. The Kier molecular flexibility index (Phi) is 7.67. The van der Waals surface area contributed by atoms with Crippen molar-refractivity contribution in [3.63, 3.8) is 0 Å². The van der Waals surface area contributed by atoms with Crippen LogP contribution in [0.4, 0.5) is 0 Å². The van der Waals surface area contributed by atoms with E-state index in [4.69, 9.17) is 9.57 Å². The highest BCUT2D eigenvalue weighted by molar-refractivity contribution is 5.72. The number of hydrogen-bond donors (Lipinski definition) is 0. The highest BCUT2D eigenvalue weighted by Crippen LogP contribution is 2.29. The summed E-state index contributed by atoms with van der Waals surface area (Å²) in [6.45, 7) is 6.06. The second-order valence-corrected chi connectivity index (χ2v) is 7.53. The highest BCUT2D eigenvalue weighted by Gasteiger charge is 2.30. The molecule has 1 amide bonds. The number of amides is 1. The van der Waals surface area contributed by atoms with Crippen molar-refractivity contribution in [3.8, 4) is 5.75 Å². The summed E-state index contributed by atoms with van der Waals surface area (Å²) in [5.74, 6) is 0.730. The van der Waals surface area contributed by atoms with Crippen molar-refractivity contribution in [2.45, 2.75) is 51.8 Å². The van der Waals surface area contributed by atoms with E-state index in [1.807, 2.05) is 24.3 Å². The average Bonchev–Trinajstić information content (AvgIpc) is 2.76. The minimum Gasteiger partial charge on any atom is -0.496 e. The first-order chi connectivity index (χ1) is 14.1. The second kappa shape index (κ2) is 10.4.